The number of aliphatic imine (C=N–C) groups is 1. The van der Waals surface area contributed by atoms with Crippen molar-refractivity contribution in [2.75, 3.05) is 39.5 Å². The Morgan fingerprint density at radius 3 is 2.58 bits per heavy atom. The lowest BCUT2D eigenvalue weighted by molar-refractivity contribution is 0.0205. The van der Waals surface area contributed by atoms with Crippen molar-refractivity contribution in [2.45, 2.75) is 64.8 Å². The molecule has 5 heteroatoms. The summed E-state index contributed by atoms with van der Waals surface area (Å²) in [7, 11) is 0. The lowest BCUT2D eigenvalue weighted by atomic mass is 9.87. The van der Waals surface area contributed by atoms with E-state index >= 15 is 0 Å². The first-order valence-electron chi connectivity index (χ1n) is 9.98. The monoisotopic (exact) mass is 339 g/mol. The molecular formula is C19H37N3O2. The average Bonchev–Trinajstić information content (AvgIpc) is 2.61. The topological polar surface area (TPSA) is 54.9 Å². The molecule has 0 atom stereocenters. The minimum atomic E-state index is 0.587. The number of nitrogens with zero attached hydrogens (tertiary/aromatic N) is 1. The number of guanidine groups is 1. The molecule has 1 saturated heterocycles. The summed E-state index contributed by atoms with van der Waals surface area (Å²) in [6.07, 6.45) is 8.47. The molecule has 2 rings (SSSR count). The second-order valence-corrected chi connectivity index (χ2v) is 7.35. The van der Waals surface area contributed by atoms with Crippen LogP contribution in [0.3, 0.4) is 0 Å². The second-order valence-electron chi connectivity index (χ2n) is 7.35. The molecule has 0 aromatic rings. The van der Waals surface area contributed by atoms with E-state index in [4.69, 9.17) is 14.5 Å². The second kappa shape index (κ2) is 11.7. The Bertz CT molecular complexity index is 349. The zero-order valence-electron chi connectivity index (χ0n) is 15.7. The van der Waals surface area contributed by atoms with Gasteiger partial charge in [0.25, 0.3) is 0 Å². The molecule has 1 heterocycles. The number of nitrogens with one attached hydrogen (secondary N) is 2. The Morgan fingerprint density at radius 1 is 1.12 bits per heavy atom. The quantitative estimate of drug-likeness (QED) is 0.405. The molecule has 2 fully saturated rings. The van der Waals surface area contributed by atoms with E-state index in [2.05, 4.69) is 24.5 Å². The van der Waals surface area contributed by atoms with Gasteiger partial charge in [-0.1, -0.05) is 6.92 Å². The van der Waals surface area contributed by atoms with E-state index in [1.165, 1.54) is 25.7 Å². The van der Waals surface area contributed by atoms with Crippen molar-refractivity contribution in [2.24, 2.45) is 16.8 Å². The van der Waals surface area contributed by atoms with Crippen LogP contribution in [0, 0.1) is 11.8 Å². The molecule has 0 unspecified atom stereocenters. The van der Waals surface area contributed by atoms with E-state index in [9.17, 15) is 0 Å². The van der Waals surface area contributed by atoms with Crippen LogP contribution in [-0.2, 0) is 9.47 Å². The Hall–Kier alpha value is -0.810. The number of ether oxygens (including phenoxy) is 2. The molecule has 0 amide bonds. The molecule has 2 N–H and O–H groups in total. The summed E-state index contributed by atoms with van der Waals surface area (Å²) in [6, 6.07) is 0.587. The van der Waals surface area contributed by atoms with Gasteiger partial charge in [0.2, 0.25) is 0 Å². The minimum absolute atomic E-state index is 0.587. The van der Waals surface area contributed by atoms with Crippen LogP contribution in [0.4, 0.5) is 0 Å². The van der Waals surface area contributed by atoms with Crippen molar-refractivity contribution in [1.82, 2.24) is 10.6 Å². The maximum Gasteiger partial charge on any atom is 0.191 e. The molecule has 140 valence electrons. The van der Waals surface area contributed by atoms with Gasteiger partial charge >= 0.3 is 0 Å². The smallest absolute Gasteiger partial charge is 0.191 e. The lowest BCUT2D eigenvalue weighted by Gasteiger charge is -2.28. The molecule has 1 saturated carbocycles. The van der Waals surface area contributed by atoms with E-state index in [0.717, 1.165) is 70.7 Å². The zero-order valence-corrected chi connectivity index (χ0v) is 15.7. The highest BCUT2D eigenvalue weighted by Gasteiger charge is 2.18. The molecular weight excluding hydrogens is 302 g/mol. The third kappa shape index (κ3) is 7.84. The highest BCUT2D eigenvalue weighted by molar-refractivity contribution is 5.80. The standard InChI is InChI=1S/C19H37N3O2/c1-3-20-19(22-18-7-5-16(2)6-8-18)21-11-4-12-24-15-17-9-13-23-14-10-17/h16-18H,3-15H2,1-2H3,(H2,20,21,22). The van der Waals surface area contributed by atoms with Gasteiger partial charge in [0.05, 0.1) is 0 Å². The Balaban J connectivity index is 1.58. The predicted octanol–water partition coefficient (Wildman–Crippen LogP) is 2.95. The molecule has 0 aromatic carbocycles. The van der Waals surface area contributed by atoms with Crippen molar-refractivity contribution in [1.29, 1.82) is 0 Å². The third-order valence-electron chi connectivity index (χ3n) is 5.11. The van der Waals surface area contributed by atoms with Gasteiger partial charge < -0.3 is 20.1 Å². The summed E-state index contributed by atoms with van der Waals surface area (Å²) < 4.78 is 11.2. The van der Waals surface area contributed by atoms with Crippen LogP contribution >= 0.6 is 0 Å². The van der Waals surface area contributed by atoms with Crippen LogP contribution in [0.2, 0.25) is 0 Å². The first-order valence-corrected chi connectivity index (χ1v) is 9.98. The Kier molecular flexibility index (Phi) is 9.51. The maximum atomic E-state index is 5.81. The average molecular weight is 340 g/mol. The normalized spacial score (nSPS) is 26.3. The molecule has 24 heavy (non-hydrogen) atoms. The predicted molar refractivity (Wildman–Crippen MR) is 99.5 cm³/mol. The van der Waals surface area contributed by atoms with Crippen LogP contribution in [0.25, 0.3) is 0 Å². The van der Waals surface area contributed by atoms with Gasteiger partial charge in [-0.15, -0.1) is 0 Å². The van der Waals surface area contributed by atoms with E-state index in [-0.39, 0.29) is 0 Å². The van der Waals surface area contributed by atoms with Crippen LogP contribution in [0.1, 0.15) is 58.8 Å². The van der Waals surface area contributed by atoms with Crippen molar-refractivity contribution >= 4 is 5.96 Å². The molecule has 2 aliphatic rings. The summed E-state index contributed by atoms with van der Waals surface area (Å²) in [5.41, 5.74) is 0. The summed E-state index contributed by atoms with van der Waals surface area (Å²) in [4.78, 5) is 4.71. The first kappa shape index (κ1) is 19.5. The van der Waals surface area contributed by atoms with Gasteiger partial charge in [0, 0.05) is 45.6 Å². The summed E-state index contributed by atoms with van der Waals surface area (Å²) in [5, 5.41) is 6.97. The van der Waals surface area contributed by atoms with Gasteiger partial charge in [0.15, 0.2) is 5.96 Å². The molecule has 0 spiro atoms. The fourth-order valence-corrected chi connectivity index (χ4v) is 3.44. The number of hydrogen-bond donors (Lipinski definition) is 2. The molecule has 1 aliphatic heterocycles. The fraction of sp³-hybridized carbons (Fsp3) is 0.947. The summed E-state index contributed by atoms with van der Waals surface area (Å²) >= 11 is 0. The van der Waals surface area contributed by atoms with Crippen molar-refractivity contribution < 1.29 is 9.47 Å². The van der Waals surface area contributed by atoms with Crippen LogP contribution in [0.15, 0.2) is 4.99 Å². The van der Waals surface area contributed by atoms with Crippen LogP contribution < -0.4 is 10.6 Å². The van der Waals surface area contributed by atoms with Crippen LogP contribution in [-0.4, -0.2) is 51.5 Å². The van der Waals surface area contributed by atoms with Gasteiger partial charge in [-0.2, -0.15) is 0 Å². The van der Waals surface area contributed by atoms with Crippen molar-refractivity contribution in [3.05, 3.63) is 0 Å². The van der Waals surface area contributed by atoms with E-state index < -0.39 is 0 Å². The summed E-state index contributed by atoms with van der Waals surface area (Å²) in [6.45, 7) is 9.70. The van der Waals surface area contributed by atoms with E-state index in [0.29, 0.717) is 12.0 Å². The number of hydrogen-bond acceptors (Lipinski definition) is 3. The highest BCUT2D eigenvalue weighted by Crippen LogP contribution is 2.23. The summed E-state index contributed by atoms with van der Waals surface area (Å²) in [5.74, 6) is 2.55. The van der Waals surface area contributed by atoms with E-state index in [1.54, 1.807) is 0 Å². The van der Waals surface area contributed by atoms with Gasteiger partial charge in [-0.3, -0.25) is 4.99 Å². The highest BCUT2D eigenvalue weighted by atomic mass is 16.5. The Labute approximate surface area is 148 Å². The van der Waals surface area contributed by atoms with Gasteiger partial charge in [-0.25, -0.2) is 0 Å². The minimum Gasteiger partial charge on any atom is -0.381 e. The maximum absolute atomic E-state index is 5.81. The molecule has 0 radical (unpaired) electrons. The lowest BCUT2D eigenvalue weighted by Crippen LogP contribution is -2.44. The van der Waals surface area contributed by atoms with Gasteiger partial charge in [-0.05, 0) is 63.7 Å². The molecule has 0 bridgehead atoms. The van der Waals surface area contributed by atoms with Crippen molar-refractivity contribution in [3.8, 4) is 0 Å². The third-order valence-corrected chi connectivity index (χ3v) is 5.11. The van der Waals surface area contributed by atoms with Gasteiger partial charge in [0.1, 0.15) is 0 Å². The zero-order chi connectivity index (χ0) is 17.0. The molecule has 1 aliphatic carbocycles. The van der Waals surface area contributed by atoms with E-state index in [1.807, 2.05) is 0 Å². The fourth-order valence-electron chi connectivity index (χ4n) is 3.44. The van der Waals surface area contributed by atoms with Crippen molar-refractivity contribution in [3.63, 3.8) is 0 Å². The largest absolute Gasteiger partial charge is 0.381 e. The molecule has 5 nitrogen and oxygen atoms in total. The Morgan fingerprint density at radius 2 is 1.88 bits per heavy atom. The number of rotatable bonds is 8. The van der Waals surface area contributed by atoms with Crippen LogP contribution in [0.5, 0.6) is 0 Å². The molecule has 0 aromatic heterocycles. The first-order chi connectivity index (χ1) is 11.8. The SMILES string of the molecule is CCNC(=NCCCOCC1CCOCC1)NC1CCC(C)CC1.